The first-order valence-corrected chi connectivity index (χ1v) is 6.41. The molecule has 1 fully saturated rings. The number of hydrogen-bond donors (Lipinski definition) is 1. The first-order chi connectivity index (χ1) is 8.19. The number of anilines is 1. The molecule has 0 spiro atoms. The van der Waals surface area contributed by atoms with E-state index >= 15 is 0 Å². The van der Waals surface area contributed by atoms with Gasteiger partial charge in [-0.05, 0) is 42.6 Å². The van der Waals surface area contributed by atoms with Gasteiger partial charge in [-0.25, -0.2) is 0 Å². The summed E-state index contributed by atoms with van der Waals surface area (Å²) in [5.41, 5.74) is 2.51. The molecule has 1 unspecified atom stereocenters. The number of aryl methyl sites for hydroxylation is 1. The van der Waals surface area contributed by atoms with Gasteiger partial charge in [-0.2, -0.15) is 0 Å². The van der Waals surface area contributed by atoms with Gasteiger partial charge in [-0.15, -0.1) is 4.91 Å². The summed E-state index contributed by atoms with van der Waals surface area (Å²) < 4.78 is 2.24. The molecule has 1 saturated heterocycles. The highest BCUT2D eigenvalue weighted by molar-refractivity contribution is 7.13. The second kappa shape index (κ2) is 5.56. The normalized spacial score (nSPS) is 18.0. The molecular formula is C12H18N3OP. The monoisotopic (exact) mass is 251 g/mol. The fourth-order valence-electron chi connectivity index (χ4n) is 2.11. The molecule has 1 N–H and O–H groups in total. The van der Waals surface area contributed by atoms with Crippen LogP contribution in [0.2, 0.25) is 0 Å². The van der Waals surface area contributed by atoms with Gasteiger partial charge >= 0.3 is 0 Å². The molecule has 0 aliphatic carbocycles. The molecule has 0 bridgehead atoms. The molecule has 1 aromatic carbocycles. The summed E-state index contributed by atoms with van der Waals surface area (Å²) in [5.74, 6) is 0. The van der Waals surface area contributed by atoms with E-state index in [0.717, 1.165) is 37.2 Å². The Bertz CT molecular complexity index is 403. The van der Waals surface area contributed by atoms with Crippen LogP contribution in [-0.4, -0.2) is 23.8 Å². The third kappa shape index (κ3) is 3.24. The average molecular weight is 251 g/mol. The van der Waals surface area contributed by atoms with Crippen LogP contribution in [0.1, 0.15) is 18.4 Å². The number of benzene rings is 1. The maximum Gasteiger partial charge on any atom is 0.131 e. The van der Waals surface area contributed by atoms with Crippen LogP contribution < -0.4 is 5.32 Å². The van der Waals surface area contributed by atoms with Gasteiger partial charge in [0.05, 0.1) is 5.69 Å². The summed E-state index contributed by atoms with van der Waals surface area (Å²) in [7, 11) is 2.73. The highest BCUT2D eigenvalue weighted by Gasteiger charge is 2.17. The van der Waals surface area contributed by atoms with Crippen molar-refractivity contribution in [2.75, 3.05) is 18.4 Å². The van der Waals surface area contributed by atoms with E-state index in [9.17, 15) is 4.91 Å². The Hall–Kier alpha value is -0.990. The van der Waals surface area contributed by atoms with Crippen LogP contribution in [-0.2, 0) is 0 Å². The molecule has 92 valence electrons. The van der Waals surface area contributed by atoms with E-state index in [-0.39, 0.29) is 0 Å². The number of nitroso groups, excluding NO2 is 1. The molecule has 0 radical (unpaired) electrons. The average Bonchev–Trinajstić information content (AvgIpc) is 2.32. The number of nitrogens with one attached hydrogen (secondary N) is 1. The van der Waals surface area contributed by atoms with Crippen molar-refractivity contribution in [2.45, 2.75) is 25.8 Å². The van der Waals surface area contributed by atoms with Crippen LogP contribution in [0.4, 0.5) is 11.4 Å². The van der Waals surface area contributed by atoms with Crippen molar-refractivity contribution in [3.63, 3.8) is 0 Å². The van der Waals surface area contributed by atoms with Gasteiger partial charge in [-0.1, -0.05) is 15.5 Å². The zero-order chi connectivity index (χ0) is 12.3. The van der Waals surface area contributed by atoms with Gasteiger partial charge in [-0.3, -0.25) is 4.67 Å². The maximum absolute atomic E-state index is 10.7. The Morgan fingerprint density at radius 2 is 2.12 bits per heavy atom. The Labute approximate surface area is 104 Å². The van der Waals surface area contributed by atoms with Crippen LogP contribution in [0.3, 0.4) is 0 Å². The minimum absolute atomic E-state index is 0.439. The molecule has 5 heteroatoms. The lowest BCUT2D eigenvalue weighted by Crippen LogP contribution is -2.33. The highest BCUT2D eigenvalue weighted by Crippen LogP contribution is 2.28. The van der Waals surface area contributed by atoms with E-state index < -0.39 is 0 Å². The van der Waals surface area contributed by atoms with Gasteiger partial charge in [0, 0.05) is 19.1 Å². The lowest BCUT2D eigenvalue weighted by Gasteiger charge is -2.30. The SMILES string of the molecule is Cc1ccc(N=O)c(NC2CCN(P)CC2)c1. The number of piperidine rings is 1. The Morgan fingerprint density at radius 1 is 1.41 bits per heavy atom. The van der Waals surface area contributed by atoms with E-state index in [1.54, 1.807) is 6.07 Å². The Balaban J connectivity index is 2.07. The number of rotatable bonds is 3. The van der Waals surface area contributed by atoms with E-state index in [0.29, 0.717) is 11.7 Å². The molecule has 1 heterocycles. The summed E-state index contributed by atoms with van der Waals surface area (Å²) in [6.07, 6.45) is 2.19. The Morgan fingerprint density at radius 3 is 2.76 bits per heavy atom. The van der Waals surface area contributed by atoms with Gasteiger partial charge in [0.1, 0.15) is 5.69 Å². The second-order valence-electron chi connectivity index (χ2n) is 4.57. The van der Waals surface area contributed by atoms with Crippen molar-refractivity contribution in [1.29, 1.82) is 0 Å². The number of hydrogen-bond acceptors (Lipinski definition) is 4. The molecule has 4 nitrogen and oxygen atoms in total. The predicted octanol–water partition coefficient (Wildman–Crippen LogP) is 3.06. The van der Waals surface area contributed by atoms with E-state index in [1.807, 2.05) is 19.1 Å². The number of nitrogens with zero attached hydrogens (tertiary/aromatic N) is 2. The lowest BCUT2D eigenvalue weighted by molar-refractivity contribution is 0.357. The van der Waals surface area contributed by atoms with Crippen molar-refractivity contribution in [2.24, 2.45) is 5.18 Å². The molecule has 17 heavy (non-hydrogen) atoms. The fraction of sp³-hybridized carbons (Fsp3) is 0.500. The zero-order valence-corrected chi connectivity index (χ0v) is 11.2. The summed E-state index contributed by atoms with van der Waals surface area (Å²) >= 11 is 0. The standard InChI is InChI=1S/C12H18N3OP/c1-9-2-3-11(14-16)12(8-9)13-10-4-6-15(17)7-5-10/h2-3,8,10,13H,4-7,17H2,1H3. The van der Waals surface area contributed by atoms with Crippen LogP contribution in [0.25, 0.3) is 0 Å². The fourth-order valence-corrected chi connectivity index (χ4v) is 2.41. The highest BCUT2D eigenvalue weighted by atomic mass is 31.0. The third-order valence-electron chi connectivity index (χ3n) is 3.14. The summed E-state index contributed by atoms with van der Waals surface area (Å²) in [6.45, 7) is 4.15. The predicted molar refractivity (Wildman–Crippen MR) is 74.6 cm³/mol. The molecule has 1 aromatic rings. The van der Waals surface area contributed by atoms with Crippen molar-refractivity contribution in [1.82, 2.24) is 4.67 Å². The maximum atomic E-state index is 10.7. The van der Waals surface area contributed by atoms with Crippen molar-refractivity contribution < 1.29 is 0 Å². The molecule has 1 aliphatic heterocycles. The van der Waals surface area contributed by atoms with Gasteiger partial charge in [0.25, 0.3) is 0 Å². The van der Waals surface area contributed by atoms with E-state index in [2.05, 4.69) is 24.6 Å². The van der Waals surface area contributed by atoms with Crippen LogP contribution in [0.5, 0.6) is 0 Å². The minimum Gasteiger partial charge on any atom is -0.380 e. The quantitative estimate of drug-likeness (QED) is 0.663. The zero-order valence-electron chi connectivity index (χ0n) is 10.0. The van der Waals surface area contributed by atoms with E-state index in [1.165, 1.54) is 0 Å². The Kier molecular flexibility index (Phi) is 4.08. The summed E-state index contributed by atoms with van der Waals surface area (Å²) in [6, 6.07) is 6.11. The van der Waals surface area contributed by atoms with Crippen molar-refractivity contribution >= 4 is 20.8 Å². The molecular weight excluding hydrogens is 233 g/mol. The second-order valence-corrected chi connectivity index (χ2v) is 5.30. The van der Waals surface area contributed by atoms with Crippen molar-refractivity contribution in [3.05, 3.63) is 28.7 Å². The topological polar surface area (TPSA) is 44.7 Å². The summed E-state index contributed by atoms with van der Waals surface area (Å²) in [5, 5.41) is 6.50. The van der Waals surface area contributed by atoms with Gasteiger partial charge < -0.3 is 5.32 Å². The molecule has 0 amide bonds. The van der Waals surface area contributed by atoms with Crippen LogP contribution >= 0.6 is 9.39 Å². The van der Waals surface area contributed by atoms with Crippen molar-refractivity contribution in [3.8, 4) is 0 Å². The molecule has 2 rings (SSSR count). The molecule has 0 saturated carbocycles. The largest absolute Gasteiger partial charge is 0.380 e. The van der Waals surface area contributed by atoms with Gasteiger partial charge in [0.15, 0.2) is 0 Å². The first-order valence-electron chi connectivity index (χ1n) is 5.89. The van der Waals surface area contributed by atoms with E-state index in [4.69, 9.17) is 0 Å². The summed E-state index contributed by atoms with van der Waals surface area (Å²) in [4.78, 5) is 10.7. The van der Waals surface area contributed by atoms with Gasteiger partial charge in [0.2, 0.25) is 0 Å². The van der Waals surface area contributed by atoms with Crippen LogP contribution in [0, 0.1) is 11.8 Å². The smallest absolute Gasteiger partial charge is 0.131 e. The van der Waals surface area contributed by atoms with Crippen LogP contribution in [0.15, 0.2) is 23.4 Å². The molecule has 1 atom stereocenters. The minimum atomic E-state index is 0.439. The molecule has 0 aromatic heterocycles. The first kappa shape index (κ1) is 12.5. The lowest BCUT2D eigenvalue weighted by atomic mass is 10.1. The third-order valence-corrected chi connectivity index (χ3v) is 3.66. The molecule has 1 aliphatic rings.